The predicted molar refractivity (Wildman–Crippen MR) is 166 cm³/mol. The van der Waals surface area contributed by atoms with Crippen molar-refractivity contribution in [3.05, 3.63) is 59.7 Å². The Morgan fingerprint density at radius 3 is 1.84 bits per heavy atom. The predicted octanol–water partition coefficient (Wildman–Crippen LogP) is 8.21. The van der Waals surface area contributed by atoms with Crippen molar-refractivity contribution in [3.8, 4) is 11.5 Å². The summed E-state index contributed by atoms with van der Waals surface area (Å²) in [6.45, 7) is 7.46. The maximum absolute atomic E-state index is 9.11. The number of aryl methyl sites for hydroxylation is 2. The SMILES string of the molecule is CC(CCc1ccc(O)cc1)N(C)C.CCCCCCCCOc1ccc(CCC(N)CC)cc1.Cl.Cl. The molecule has 0 saturated heterocycles. The van der Waals surface area contributed by atoms with Crippen LogP contribution >= 0.6 is 24.8 Å². The highest BCUT2D eigenvalue weighted by molar-refractivity contribution is 5.85. The van der Waals surface area contributed by atoms with Crippen LogP contribution in [0.5, 0.6) is 11.5 Å². The van der Waals surface area contributed by atoms with E-state index in [1.807, 2.05) is 12.1 Å². The number of phenols is 1. The second kappa shape index (κ2) is 23.6. The lowest BCUT2D eigenvalue weighted by atomic mass is 10.0. The molecule has 0 saturated carbocycles. The molecule has 0 aliphatic heterocycles. The maximum atomic E-state index is 9.11. The third kappa shape index (κ3) is 19.3. The normalized spacial score (nSPS) is 12.0. The van der Waals surface area contributed by atoms with Crippen LogP contribution in [0.1, 0.15) is 89.7 Å². The fourth-order valence-electron chi connectivity index (χ4n) is 3.68. The standard InChI is InChI=1S/C19H33NO.C12H19NO.2ClH/c1-3-5-6-7-8-9-16-21-19-14-11-17(12-15-19)10-13-18(20)4-2;1-10(13(2)3)4-5-11-6-8-12(14)9-7-11;;/h11-12,14-15,18H,3-10,13,16,20H2,1-2H3;6-10,14H,4-5H2,1-3H3;2*1H. The zero-order valence-corrected chi connectivity index (χ0v) is 25.6. The minimum atomic E-state index is 0. The van der Waals surface area contributed by atoms with Gasteiger partial charge in [0, 0.05) is 12.1 Å². The molecule has 2 unspecified atom stereocenters. The quantitative estimate of drug-likeness (QED) is 0.204. The van der Waals surface area contributed by atoms with Gasteiger partial charge in [-0.25, -0.2) is 0 Å². The molecule has 0 amide bonds. The van der Waals surface area contributed by atoms with Gasteiger partial charge in [-0.15, -0.1) is 24.8 Å². The average molecular weight is 558 g/mol. The van der Waals surface area contributed by atoms with Gasteiger partial charge < -0.3 is 20.5 Å². The van der Waals surface area contributed by atoms with Crippen LogP contribution in [0.4, 0.5) is 0 Å². The molecule has 0 aliphatic rings. The van der Waals surface area contributed by atoms with E-state index < -0.39 is 0 Å². The van der Waals surface area contributed by atoms with Gasteiger partial charge in [0.05, 0.1) is 6.61 Å². The minimum absolute atomic E-state index is 0. The molecule has 3 N–H and O–H groups in total. The molecule has 2 aromatic rings. The molecule has 0 heterocycles. The second-order valence-corrected chi connectivity index (χ2v) is 9.98. The van der Waals surface area contributed by atoms with Crippen LogP contribution in [-0.2, 0) is 12.8 Å². The first-order chi connectivity index (χ1) is 16.8. The molecule has 0 radical (unpaired) electrons. The van der Waals surface area contributed by atoms with Crippen molar-refractivity contribution in [3.63, 3.8) is 0 Å². The summed E-state index contributed by atoms with van der Waals surface area (Å²) >= 11 is 0. The molecule has 0 bridgehead atoms. The lowest BCUT2D eigenvalue weighted by molar-refractivity contribution is 0.299. The molecule has 2 atom stereocenters. The number of nitrogens with zero attached hydrogens (tertiary/aromatic N) is 1. The number of ether oxygens (including phenoxy) is 1. The Labute approximate surface area is 240 Å². The van der Waals surface area contributed by atoms with Crippen LogP contribution in [0, 0.1) is 0 Å². The van der Waals surface area contributed by atoms with Crippen molar-refractivity contribution in [2.45, 2.75) is 103 Å². The third-order valence-corrected chi connectivity index (χ3v) is 6.69. The number of nitrogens with two attached hydrogens (primary N) is 1. The number of hydrogen-bond acceptors (Lipinski definition) is 4. The number of phenolic OH excluding ortho intramolecular Hbond substituents is 1. The van der Waals surface area contributed by atoms with Crippen molar-refractivity contribution >= 4 is 24.8 Å². The largest absolute Gasteiger partial charge is 0.508 e. The fraction of sp³-hybridized carbons (Fsp3) is 0.613. The van der Waals surface area contributed by atoms with E-state index in [2.05, 4.69) is 64.0 Å². The lowest BCUT2D eigenvalue weighted by Crippen LogP contribution is -2.24. The molecule has 4 nitrogen and oxygen atoms in total. The maximum Gasteiger partial charge on any atom is 0.119 e. The van der Waals surface area contributed by atoms with Crippen LogP contribution < -0.4 is 10.5 Å². The van der Waals surface area contributed by atoms with Gasteiger partial charge in [-0.3, -0.25) is 0 Å². The molecule has 37 heavy (non-hydrogen) atoms. The van der Waals surface area contributed by atoms with Gasteiger partial charge in [0.25, 0.3) is 0 Å². The summed E-state index contributed by atoms with van der Waals surface area (Å²) < 4.78 is 5.79. The van der Waals surface area contributed by atoms with Gasteiger partial charge in [0.1, 0.15) is 11.5 Å². The first-order valence-electron chi connectivity index (χ1n) is 13.8. The van der Waals surface area contributed by atoms with Crippen molar-refractivity contribution in [2.24, 2.45) is 5.73 Å². The van der Waals surface area contributed by atoms with Crippen molar-refractivity contribution in [1.29, 1.82) is 0 Å². The summed E-state index contributed by atoms with van der Waals surface area (Å²) in [5.41, 5.74) is 8.59. The summed E-state index contributed by atoms with van der Waals surface area (Å²) in [5.74, 6) is 1.33. The summed E-state index contributed by atoms with van der Waals surface area (Å²) in [4.78, 5) is 2.22. The molecule has 2 aromatic carbocycles. The number of rotatable bonds is 16. The highest BCUT2D eigenvalue weighted by Gasteiger charge is 2.04. The number of hydrogen-bond donors (Lipinski definition) is 2. The van der Waals surface area contributed by atoms with E-state index in [0.717, 1.165) is 50.9 Å². The lowest BCUT2D eigenvalue weighted by Gasteiger charge is -2.19. The zero-order chi connectivity index (χ0) is 25.9. The Bertz CT molecular complexity index is 755. The van der Waals surface area contributed by atoms with Gasteiger partial charge in [-0.1, -0.05) is 70.2 Å². The van der Waals surface area contributed by atoms with Gasteiger partial charge in [0.2, 0.25) is 0 Å². The minimum Gasteiger partial charge on any atom is -0.508 e. The number of benzene rings is 2. The monoisotopic (exact) mass is 556 g/mol. The van der Waals surface area contributed by atoms with E-state index in [1.165, 1.54) is 43.2 Å². The van der Waals surface area contributed by atoms with Gasteiger partial charge >= 0.3 is 0 Å². The van der Waals surface area contributed by atoms with E-state index >= 15 is 0 Å². The summed E-state index contributed by atoms with van der Waals surface area (Å²) in [7, 11) is 4.20. The van der Waals surface area contributed by atoms with E-state index in [1.54, 1.807) is 12.1 Å². The molecular weight excluding hydrogens is 503 g/mol. The number of aromatic hydroxyl groups is 1. The Morgan fingerprint density at radius 1 is 0.784 bits per heavy atom. The molecule has 0 spiro atoms. The fourth-order valence-corrected chi connectivity index (χ4v) is 3.68. The zero-order valence-electron chi connectivity index (χ0n) is 24.0. The second-order valence-electron chi connectivity index (χ2n) is 9.98. The van der Waals surface area contributed by atoms with Crippen LogP contribution in [-0.4, -0.2) is 42.8 Å². The summed E-state index contributed by atoms with van der Waals surface area (Å²) in [5, 5.41) is 9.11. The van der Waals surface area contributed by atoms with Crippen LogP contribution in [0.3, 0.4) is 0 Å². The molecule has 0 aromatic heterocycles. The van der Waals surface area contributed by atoms with Crippen LogP contribution in [0.25, 0.3) is 0 Å². The third-order valence-electron chi connectivity index (χ3n) is 6.69. The summed E-state index contributed by atoms with van der Waals surface area (Å²) in [6.07, 6.45) is 13.2. The van der Waals surface area contributed by atoms with Crippen LogP contribution in [0.2, 0.25) is 0 Å². The van der Waals surface area contributed by atoms with E-state index in [9.17, 15) is 0 Å². The van der Waals surface area contributed by atoms with E-state index in [-0.39, 0.29) is 24.8 Å². The highest BCUT2D eigenvalue weighted by atomic mass is 35.5. The Hall–Kier alpha value is -1.46. The van der Waals surface area contributed by atoms with Gasteiger partial charge in [-0.2, -0.15) is 0 Å². The van der Waals surface area contributed by atoms with Gasteiger partial charge in [0.15, 0.2) is 0 Å². The Balaban J connectivity index is 0. The van der Waals surface area contributed by atoms with Gasteiger partial charge in [-0.05, 0) is 94.9 Å². The number of halogens is 2. The molecular formula is C31H54Cl2N2O2. The average Bonchev–Trinajstić information content (AvgIpc) is 2.87. The Morgan fingerprint density at radius 2 is 1.30 bits per heavy atom. The van der Waals surface area contributed by atoms with Crippen molar-refractivity contribution in [2.75, 3.05) is 20.7 Å². The van der Waals surface area contributed by atoms with Crippen LogP contribution in [0.15, 0.2) is 48.5 Å². The number of unbranched alkanes of at least 4 members (excludes halogenated alkanes) is 5. The Kier molecular flexibility index (Phi) is 24.1. The summed E-state index contributed by atoms with van der Waals surface area (Å²) in [6, 6.07) is 16.9. The molecule has 6 heteroatoms. The highest BCUT2D eigenvalue weighted by Crippen LogP contribution is 2.15. The topological polar surface area (TPSA) is 58.7 Å². The smallest absolute Gasteiger partial charge is 0.119 e. The van der Waals surface area contributed by atoms with Crippen molar-refractivity contribution < 1.29 is 9.84 Å². The molecule has 2 rings (SSSR count). The first kappa shape index (κ1) is 37.7. The molecule has 214 valence electrons. The van der Waals surface area contributed by atoms with E-state index in [0.29, 0.717) is 17.8 Å². The van der Waals surface area contributed by atoms with Crippen molar-refractivity contribution in [1.82, 2.24) is 4.90 Å². The molecule has 0 fully saturated rings. The molecule has 0 aliphatic carbocycles. The van der Waals surface area contributed by atoms with E-state index in [4.69, 9.17) is 15.6 Å². The first-order valence-corrected chi connectivity index (χ1v) is 13.8.